The molecule has 0 aliphatic heterocycles. The molecule has 0 fully saturated rings. The molecule has 0 aliphatic rings. The average Bonchev–Trinajstić information content (AvgIpc) is 2.25. The summed E-state index contributed by atoms with van der Waals surface area (Å²) in [6.07, 6.45) is 0.253. The molecule has 3 N–H and O–H groups in total. The van der Waals surface area contributed by atoms with Crippen molar-refractivity contribution in [2.45, 2.75) is 38.3 Å². The van der Waals surface area contributed by atoms with Gasteiger partial charge in [-0.1, -0.05) is 0 Å². The topological polar surface area (TPSA) is 87.7 Å². The molecule has 0 aromatic rings. The Balaban J connectivity index is 4.69. The Bertz CT molecular complexity index is 291. The van der Waals surface area contributed by atoms with Gasteiger partial charge in [0.2, 0.25) is 5.91 Å². The number of carbonyl (C=O) groups excluding carboxylic acids is 1. The second kappa shape index (κ2) is 5.97. The first-order valence-electron chi connectivity index (χ1n) is 5.41. The Labute approximate surface area is 102 Å². The van der Waals surface area contributed by atoms with Crippen molar-refractivity contribution in [3.63, 3.8) is 0 Å². The smallest absolute Gasteiger partial charge is 0.323 e. The average molecular weight is 246 g/mol. The summed E-state index contributed by atoms with van der Waals surface area (Å²) in [5.41, 5.74) is -1.78. The van der Waals surface area contributed by atoms with E-state index in [0.29, 0.717) is 0 Å². The van der Waals surface area contributed by atoms with Crippen LogP contribution >= 0.6 is 0 Å². The van der Waals surface area contributed by atoms with Crippen molar-refractivity contribution in [3.05, 3.63) is 0 Å². The molecule has 1 amide bonds. The van der Waals surface area contributed by atoms with Gasteiger partial charge in [0.05, 0.1) is 12.1 Å². The lowest BCUT2D eigenvalue weighted by atomic mass is 9.87. The molecule has 0 saturated heterocycles. The van der Waals surface area contributed by atoms with Gasteiger partial charge in [-0.25, -0.2) is 0 Å². The summed E-state index contributed by atoms with van der Waals surface area (Å²) < 4.78 is 5.21. The number of methoxy groups -OCH3 is 1. The number of carbonyl (C=O) groups is 2. The summed E-state index contributed by atoms with van der Waals surface area (Å²) in [6.45, 7) is 5.10. The van der Waals surface area contributed by atoms with Gasteiger partial charge in [0, 0.05) is 20.6 Å². The van der Waals surface area contributed by atoms with Gasteiger partial charge in [0.15, 0.2) is 0 Å². The third kappa shape index (κ3) is 5.14. The van der Waals surface area contributed by atoms with Crippen molar-refractivity contribution >= 4 is 11.9 Å². The normalized spacial score (nSPS) is 15.1. The third-order valence-electron chi connectivity index (χ3n) is 2.72. The van der Waals surface area contributed by atoms with Gasteiger partial charge in [0.25, 0.3) is 0 Å². The highest BCUT2D eigenvalue weighted by Crippen LogP contribution is 2.23. The van der Waals surface area contributed by atoms with Crippen molar-refractivity contribution in [3.8, 4) is 0 Å². The molecule has 0 bridgehead atoms. The van der Waals surface area contributed by atoms with E-state index >= 15 is 0 Å². The fraction of sp³-hybridized carbons (Fsp3) is 0.818. The Morgan fingerprint density at radius 2 is 1.82 bits per heavy atom. The van der Waals surface area contributed by atoms with Crippen LogP contribution in [-0.4, -0.2) is 48.8 Å². The maximum absolute atomic E-state index is 11.3. The molecule has 0 spiro atoms. The number of ether oxygens (including phenoxy) is 1. The molecule has 0 heterocycles. The van der Waals surface area contributed by atoms with Crippen LogP contribution in [0.25, 0.3) is 0 Å². The van der Waals surface area contributed by atoms with Crippen LogP contribution in [0.2, 0.25) is 0 Å². The highest BCUT2D eigenvalue weighted by Gasteiger charge is 2.39. The summed E-state index contributed by atoms with van der Waals surface area (Å²) in [5.74, 6) is -1.26. The van der Waals surface area contributed by atoms with E-state index < -0.39 is 17.1 Å². The number of rotatable bonds is 7. The van der Waals surface area contributed by atoms with Crippen molar-refractivity contribution in [1.29, 1.82) is 0 Å². The maximum atomic E-state index is 11.3. The van der Waals surface area contributed by atoms with Crippen LogP contribution in [0, 0.1) is 0 Å². The van der Waals surface area contributed by atoms with Crippen LogP contribution in [0.3, 0.4) is 0 Å². The summed E-state index contributed by atoms with van der Waals surface area (Å²) in [4.78, 5) is 22.4. The van der Waals surface area contributed by atoms with Gasteiger partial charge in [0.1, 0.15) is 5.54 Å². The van der Waals surface area contributed by atoms with Gasteiger partial charge in [-0.2, -0.15) is 0 Å². The number of nitrogens with one attached hydrogen (secondary N) is 2. The molecular weight excluding hydrogens is 224 g/mol. The molecule has 6 heteroatoms. The van der Waals surface area contributed by atoms with E-state index in [1.807, 2.05) is 0 Å². The van der Waals surface area contributed by atoms with Gasteiger partial charge in [-0.05, 0) is 20.8 Å². The molecule has 17 heavy (non-hydrogen) atoms. The Morgan fingerprint density at radius 3 is 2.18 bits per heavy atom. The summed E-state index contributed by atoms with van der Waals surface area (Å²) in [7, 11) is 3.03. The van der Waals surface area contributed by atoms with Gasteiger partial charge in [-0.3, -0.25) is 14.9 Å². The zero-order valence-corrected chi connectivity index (χ0v) is 11.1. The fourth-order valence-electron chi connectivity index (χ4n) is 1.50. The standard InChI is InChI=1S/C11H22N2O4/c1-10(2,17-5)7-11(3,9(15)16)13-6-8(14)12-4/h13H,6-7H2,1-5H3,(H,12,14)(H,15,16). The van der Waals surface area contributed by atoms with E-state index in [-0.39, 0.29) is 18.9 Å². The Morgan fingerprint density at radius 1 is 1.29 bits per heavy atom. The lowest BCUT2D eigenvalue weighted by molar-refractivity contribution is -0.147. The van der Waals surface area contributed by atoms with Crippen LogP contribution in [0.15, 0.2) is 0 Å². The SMILES string of the molecule is CNC(=O)CNC(C)(CC(C)(C)OC)C(=O)O. The second-order valence-corrected chi connectivity index (χ2v) is 4.80. The van der Waals surface area contributed by atoms with E-state index in [4.69, 9.17) is 4.74 Å². The van der Waals surface area contributed by atoms with Gasteiger partial charge >= 0.3 is 5.97 Å². The van der Waals surface area contributed by atoms with E-state index in [9.17, 15) is 14.7 Å². The minimum absolute atomic E-state index is 0.0426. The van der Waals surface area contributed by atoms with Crippen LogP contribution < -0.4 is 10.6 Å². The van der Waals surface area contributed by atoms with Gasteiger partial charge in [-0.15, -0.1) is 0 Å². The van der Waals surface area contributed by atoms with Crippen molar-refractivity contribution in [2.24, 2.45) is 0 Å². The highest BCUT2D eigenvalue weighted by molar-refractivity contribution is 5.81. The van der Waals surface area contributed by atoms with Crippen LogP contribution in [0.4, 0.5) is 0 Å². The lowest BCUT2D eigenvalue weighted by Gasteiger charge is -2.34. The number of carboxylic acids is 1. The van der Waals surface area contributed by atoms with Crippen LogP contribution in [0.1, 0.15) is 27.2 Å². The maximum Gasteiger partial charge on any atom is 0.323 e. The van der Waals surface area contributed by atoms with E-state index in [0.717, 1.165) is 0 Å². The minimum Gasteiger partial charge on any atom is -0.480 e. The lowest BCUT2D eigenvalue weighted by Crippen LogP contribution is -2.55. The Kier molecular flexibility index (Phi) is 5.57. The minimum atomic E-state index is -1.20. The zero-order chi connectivity index (χ0) is 13.7. The van der Waals surface area contributed by atoms with Crippen molar-refractivity contribution in [1.82, 2.24) is 10.6 Å². The molecule has 100 valence electrons. The molecule has 1 unspecified atom stereocenters. The van der Waals surface area contributed by atoms with Crippen LogP contribution in [0.5, 0.6) is 0 Å². The number of hydrogen-bond donors (Lipinski definition) is 3. The number of carboxylic acid groups (broad SMARTS) is 1. The predicted octanol–water partition coefficient (Wildman–Crippen LogP) is -0.0196. The third-order valence-corrected chi connectivity index (χ3v) is 2.72. The van der Waals surface area contributed by atoms with Gasteiger partial charge < -0.3 is 15.2 Å². The van der Waals surface area contributed by atoms with E-state index in [1.165, 1.54) is 14.2 Å². The second-order valence-electron chi connectivity index (χ2n) is 4.80. The largest absolute Gasteiger partial charge is 0.480 e. The molecule has 0 aliphatic carbocycles. The first-order valence-corrected chi connectivity index (χ1v) is 5.41. The van der Waals surface area contributed by atoms with Crippen molar-refractivity contribution < 1.29 is 19.4 Å². The quantitative estimate of drug-likeness (QED) is 0.587. The number of likely N-dealkylation sites (N-methyl/N-ethyl adjacent to an activating group) is 1. The highest BCUT2D eigenvalue weighted by atomic mass is 16.5. The van der Waals surface area contributed by atoms with Crippen molar-refractivity contribution in [2.75, 3.05) is 20.7 Å². The molecule has 1 atom stereocenters. The molecule has 0 radical (unpaired) electrons. The number of amides is 1. The fourth-order valence-corrected chi connectivity index (χ4v) is 1.50. The molecule has 6 nitrogen and oxygen atoms in total. The summed E-state index contributed by atoms with van der Waals surface area (Å²) in [5, 5.41) is 14.4. The molecule has 0 rings (SSSR count). The first kappa shape index (κ1) is 15.9. The molecule has 0 aromatic carbocycles. The first-order chi connectivity index (χ1) is 7.67. The molecule has 0 aromatic heterocycles. The number of hydrogen-bond acceptors (Lipinski definition) is 4. The molecular formula is C11H22N2O4. The Hall–Kier alpha value is -1.14. The van der Waals surface area contributed by atoms with E-state index in [2.05, 4.69) is 10.6 Å². The zero-order valence-electron chi connectivity index (χ0n) is 11.1. The summed E-state index contributed by atoms with van der Waals surface area (Å²) in [6, 6.07) is 0. The van der Waals surface area contributed by atoms with E-state index in [1.54, 1.807) is 20.8 Å². The predicted molar refractivity (Wildman–Crippen MR) is 63.8 cm³/mol. The monoisotopic (exact) mass is 246 g/mol. The van der Waals surface area contributed by atoms with Crippen LogP contribution in [-0.2, 0) is 14.3 Å². The number of aliphatic carboxylic acids is 1. The summed E-state index contributed by atoms with van der Waals surface area (Å²) >= 11 is 0. The molecule has 0 saturated carbocycles.